The van der Waals surface area contributed by atoms with Crippen molar-refractivity contribution in [2.24, 2.45) is 0 Å². The highest BCUT2D eigenvalue weighted by atomic mass is 16.6. The minimum atomic E-state index is -1.35. The van der Waals surface area contributed by atoms with Crippen LogP contribution in [0.5, 0.6) is 0 Å². The van der Waals surface area contributed by atoms with Crippen molar-refractivity contribution in [3.63, 3.8) is 0 Å². The van der Waals surface area contributed by atoms with Crippen LogP contribution in [0.2, 0.25) is 0 Å². The Kier molecular flexibility index (Phi) is 4.48. The van der Waals surface area contributed by atoms with Gasteiger partial charge in [0.15, 0.2) is 0 Å². The first kappa shape index (κ1) is 18.9. The number of aromatic nitrogens is 1. The fraction of sp³-hybridized carbons (Fsp3) is 0.421. The number of carboxylic acid groups (broad SMARTS) is 1. The van der Waals surface area contributed by atoms with Gasteiger partial charge in [0.05, 0.1) is 15.8 Å². The van der Waals surface area contributed by atoms with Crippen LogP contribution in [0.3, 0.4) is 0 Å². The predicted molar refractivity (Wildman–Crippen MR) is 105 cm³/mol. The molecule has 1 saturated carbocycles. The third-order valence-electron chi connectivity index (χ3n) is 5.56. The molecule has 1 amide bonds. The molecule has 1 saturated heterocycles. The number of nitro benzene ring substituents is 1. The van der Waals surface area contributed by atoms with E-state index in [1.165, 1.54) is 19.2 Å². The highest BCUT2D eigenvalue weighted by Gasteiger charge is 2.30. The van der Waals surface area contributed by atoms with Gasteiger partial charge < -0.3 is 19.5 Å². The average molecular weight is 400 g/mol. The van der Waals surface area contributed by atoms with E-state index >= 15 is 0 Å². The molecule has 152 valence electrons. The SMILES string of the molecule is CC(=O)N1CCN(c2cc3c(cc2[N+](=O)[O-])c(=O)c(C(=O)O)cn3C2CC2)CC1. The van der Waals surface area contributed by atoms with E-state index < -0.39 is 16.3 Å². The number of nitro groups is 1. The Balaban J connectivity index is 1.88. The summed E-state index contributed by atoms with van der Waals surface area (Å²) in [6, 6.07) is 2.89. The topological polar surface area (TPSA) is 126 Å². The zero-order valence-electron chi connectivity index (χ0n) is 15.8. The van der Waals surface area contributed by atoms with Gasteiger partial charge in [-0.15, -0.1) is 0 Å². The van der Waals surface area contributed by atoms with Crippen LogP contribution in [0, 0.1) is 10.1 Å². The van der Waals surface area contributed by atoms with Gasteiger partial charge in [0.25, 0.3) is 5.69 Å². The van der Waals surface area contributed by atoms with Crippen LogP contribution in [-0.4, -0.2) is 57.6 Å². The van der Waals surface area contributed by atoms with Gasteiger partial charge in [-0.05, 0) is 18.9 Å². The van der Waals surface area contributed by atoms with Crippen LogP contribution < -0.4 is 10.3 Å². The van der Waals surface area contributed by atoms with E-state index in [2.05, 4.69) is 0 Å². The van der Waals surface area contributed by atoms with Gasteiger partial charge in [-0.1, -0.05) is 0 Å². The van der Waals surface area contributed by atoms with E-state index in [-0.39, 0.29) is 28.6 Å². The maximum absolute atomic E-state index is 12.7. The van der Waals surface area contributed by atoms with E-state index in [1.54, 1.807) is 15.5 Å². The number of fused-ring (bicyclic) bond motifs is 1. The summed E-state index contributed by atoms with van der Waals surface area (Å²) in [6.07, 6.45) is 3.06. The lowest BCUT2D eigenvalue weighted by Crippen LogP contribution is -2.48. The minimum Gasteiger partial charge on any atom is -0.477 e. The molecule has 0 atom stereocenters. The number of carbonyl (C=O) groups excluding carboxylic acids is 1. The van der Waals surface area contributed by atoms with Crippen LogP contribution in [0.25, 0.3) is 10.9 Å². The lowest BCUT2D eigenvalue weighted by Gasteiger charge is -2.35. The molecule has 10 nitrogen and oxygen atoms in total. The number of piperazine rings is 1. The summed E-state index contributed by atoms with van der Waals surface area (Å²) in [5.41, 5.74) is -0.475. The Morgan fingerprint density at radius 1 is 1.17 bits per heavy atom. The largest absolute Gasteiger partial charge is 0.477 e. The molecule has 2 aromatic rings. The second kappa shape index (κ2) is 6.87. The Morgan fingerprint density at radius 2 is 1.83 bits per heavy atom. The van der Waals surface area contributed by atoms with Crippen molar-refractivity contribution in [1.82, 2.24) is 9.47 Å². The van der Waals surface area contributed by atoms with Crippen molar-refractivity contribution in [2.75, 3.05) is 31.1 Å². The summed E-state index contributed by atoms with van der Waals surface area (Å²) >= 11 is 0. The molecule has 1 N–H and O–H groups in total. The van der Waals surface area contributed by atoms with Gasteiger partial charge in [-0.25, -0.2) is 4.79 Å². The summed E-state index contributed by atoms with van der Waals surface area (Å²) in [4.78, 5) is 50.4. The van der Waals surface area contributed by atoms with Crippen molar-refractivity contribution >= 4 is 34.2 Å². The molecule has 1 aliphatic carbocycles. The van der Waals surface area contributed by atoms with E-state index in [4.69, 9.17) is 0 Å². The van der Waals surface area contributed by atoms with Crippen LogP contribution in [0.15, 0.2) is 23.1 Å². The van der Waals surface area contributed by atoms with E-state index in [0.717, 1.165) is 12.8 Å². The molecule has 0 radical (unpaired) electrons. The fourth-order valence-corrected chi connectivity index (χ4v) is 3.84. The van der Waals surface area contributed by atoms with E-state index in [1.807, 2.05) is 4.90 Å². The quantitative estimate of drug-likeness (QED) is 0.610. The molecule has 2 aliphatic rings. The van der Waals surface area contributed by atoms with Gasteiger partial charge in [0.1, 0.15) is 11.3 Å². The Hall–Kier alpha value is -3.43. The minimum absolute atomic E-state index is 0.0367. The van der Waals surface area contributed by atoms with Crippen LogP contribution in [0.4, 0.5) is 11.4 Å². The Labute approximate surface area is 165 Å². The Bertz CT molecular complexity index is 1100. The van der Waals surface area contributed by atoms with Crippen molar-refractivity contribution < 1.29 is 19.6 Å². The van der Waals surface area contributed by atoms with Crippen LogP contribution in [-0.2, 0) is 4.79 Å². The van der Waals surface area contributed by atoms with E-state index in [0.29, 0.717) is 37.4 Å². The molecule has 1 aromatic heterocycles. The number of anilines is 1. The zero-order chi connectivity index (χ0) is 20.9. The number of benzene rings is 1. The first-order valence-electron chi connectivity index (χ1n) is 9.39. The summed E-state index contributed by atoms with van der Waals surface area (Å²) in [7, 11) is 0. The maximum Gasteiger partial charge on any atom is 0.341 e. The zero-order valence-corrected chi connectivity index (χ0v) is 15.8. The second-order valence-electron chi connectivity index (χ2n) is 7.42. The van der Waals surface area contributed by atoms with Crippen LogP contribution >= 0.6 is 0 Å². The van der Waals surface area contributed by atoms with Crippen molar-refractivity contribution in [3.8, 4) is 0 Å². The first-order valence-corrected chi connectivity index (χ1v) is 9.39. The predicted octanol–water partition coefficient (Wildman–Crippen LogP) is 1.61. The van der Waals surface area contributed by atoms with Gasteiger partial charge in [0, 0.05) is 51.4 Å². The number of nitrogens with zero attached hydrogens (tertiary/aromatic N) is 4. The van der Waals surface area contributed by atoms with E-state index in [9.17, 15) is 29.6 Å². The molecule has 2 heterocycles. The van der Waals surface area contributed by atoms with Gasteiger partial charge in [0.2, 0.25) is 11.3 Å². The molecule has 0 unspecified atom stereocenters. The first-order chi connectivity index (χ1) is 13.8. The van der Waals surface area contributed by atoms with Gasteiger partial charge in [-0.2, -0.15) is 0 Å². The van der Waals surface area contributed by atoms with Crippen LogP contribution in [0.1, 0.15) is 36.2 Å². The number of carboxylic acids is 1. The highest BCUT2D eigenvalue weighted by molar-refractivity contribution is 5.95. The highest BCUT2D eigenvalue weighted by Crippen LogP contribution is 2.39. The summed E-state index contributed by atoms with van der Waals surface area (Å²) < 4.78 is 1.75. The lowest BCUT2D eigenvalue weighted by molar-refractivity contribution is -0.384. The second-order valence-corrected chi connectivity index (χ2v) is 7.42. The number of hydrogen-bond acceptors (Lipinski definition) is 6. The number of hydrogen-bond donors (Lipinski definition) is 1. The molecule has 4 rings (SSSR count). The summed E-state index contributed by atoms with van der Waals surface area (Å²) in [5, 5.41) is 21.1. The Morgan fingerprint density at radius 3 is 2.34 bits per heavy atom. The molecule has 0 spiro atoms. The number of amides is 1. The molecular weight excluding hydrogens is 380 g/mol. The molecular formula is C19H20N4O6. The summed E-state index contributed by atoms with van der Waals surface area (Å²) in [5.74, 6) is -1.39. The molecule has 2 fully saturated rings. The lowest BCUT2D eigenvalue weighted by atomic mass is 10.1. The third kappa shape index (κ3) is 3.30. The molecule has 1 aromatic carbocycles. The fourth-order valence-electron chi connectivity index (χ4n) is 3.84. The standard InChI is InChI=1S/C19H20N4O6/c1-11(24)20-4-6-21(7-5-20)16-9-15-13(8-17(16)23(28)29)18(25)14(19(26)27)10-22(15)12-2-3-12/h8-10,12H,2-7H2,1H3,(H,26,27). The molecule has 29 heavy (non-hydrogen) atoms. The third-order valence-corrected chi connectivity index (χ3v) is 5.56. The number of rotatable bonds is 4. The monoisotopic (exact) mass is 400 g/mol. The average Bonchev–Trinajstić information content (AvgIpc) is 3.52. The summed E-state index contributed by atoms with van der Waals surface area (Å²) in [6.45, 7) is 3.28. The molecule has 1 aliphatic heterocycles. The van der Waals surface area contributed by atoms with Crippen molar-refractivity contribution in [3.05, 3.63) is 44.2 Å². The maximum atomic E-state index is 12.7. The van der Waals surface area contributed by atoms with Crippen molar-refractivity contribution in [1.29, 1.82) is 0 Å². The smallest absolute Gasteiger partial charge is 0.341 e. The van der Waals surface area contributed by atoms with Gasteiger partial charge in [-0.3, -0.25) is 19.7 Å². The van der Waals surface area contributed by atoms with Crippen molar-refractivity contribution in [2.45, 2.75) is 25.8 Å². The number of pyridine rings is 1. The number of aromatic carboxylic acids is 1. The molecule has 0 bridgehead atoms. The number of carbonyl (C=O) groups is 2. The molecule has 10 heteroatoms. The normalized spacial score (nSPS) is 16.9. The van der Waals surface area contributed by atoms with Gasteiger partial charge >= 0.3 is 5.97 Å².